The molecule has 7 heteroatoms. The summed E-state index contributed by atoms with van der Waals surface area (Å²) in [7, 11) is 1.58. The van der Waals surface area contributed by atoms with Crippen LogP contribution >= 0.6 is 23.6 Å². The second-order valence-corrected chi connectivity index (χ2v) is 6.15. The highest BCUT2D eigenvalue weighted by Gasteiger charge is 2.17. The minimum absolute atomic E-state index is 0.230. The lowest BCUT2D eigenvalue weighted by Crippen LogP contribution is -2.27. The smallest absolute Gasteiger partial charge is 0.265 e. The molecule has 0 spiro atoms. The number of ether oxygens (including phenoxy) is 1. The van der Waals surface area contributed by atoms with E-state index >= 15 is 0 Å². The number of amides is 1. The molecule has 0 aliphatic carbocycles. The summed E-state index contributed by atoms with van der Waals surface area (Å²) in [6.07, 6.45) is 0. The van der Waals surface area contributed by atoms with Gasteiger partial charge in [-0.25, -0.2) is 0 Å². The van der Waals surface area contributed by atoms with Crippen molar-refractivity contribution >= 4 is 35.3 Å². The van der Waals surface area contributed by atoms with Crippen LogP contribution in [0.3, 0.4) is 0 Å². The molecule has 0 aliphatic heterocycles. The van der Waals surface area contributed by atoms with Crippen molar-refractivity contribution in [3.8, 4) is 5.69 Å². The van der Waals surface area contributed by atoms with E-state index in [1.54, 1.807) is 11.7 Å². The van der Waals surface area contributed by atoms with Gasteiger partial charge in [0.25, 0.3) is 5.91 Å². The number of aromatic nitrogens is 1. The number of nitrogen functional groups attached to an aromatic ring is 1. The molecule has 3 N–H and O–H groups in total. The predicted molar refractivity (Wildman–Crippen MR) is 87.8 cm³/mol. The first-order valence-corrected chi connectivity index (χ1v) is 7.62. The van der Waals surface area contributed by atoms with Crippen molar-refractivity contribution in [3.05, 3.63) is 38.7 Å². The summed E-state index contributed by atoms with van der Waals surface area (Å²) in [4.78, 5) is 12.5. The Bertz CT molecular complexity index is 689. The molecule has 0 aliphatic rings. The van der Waals surface area contributed by atoms with Gasteiger partial charge < -0.3 is 15.8 Å². The van der Waals surface area contributed by atoms with E-state index < -0.39 is 0 Å². The number of benzene rings is 1. The topological polar surface area (TPSA) is 69.3 Å². The maximum atomic E-state index is 12.1. The Balaban J connectivity index is 2.31. The molecule has 5 nitrogen and oxygen atoms in total. The van der Waals surface area contributed by atoms with Crippen LogP contribution in [-0.4, -0.2) is 30.7 Å². The minimum atomic E-state index is -0.230. The van der Waals surface area contributed by atoms with E-state index in [-0.39, 0.29) is 5.91 Å². The van der Waals surface area contributed by atoms with E-state index in [2.05, 4.69) is 5.32 Å². The number of nitrogens with two attached hydrogens (primary N) is 1. The lowest BCUT2D eigenvalue weighted by atomic mass is 10.2. The molecule has 0 atom stereocenters. The van der Waals surface area contributed by atoms with Crippen LogP contribution in [-0.2, 0) is 4.74 Å². The number of thiazole rings is 1. The SMILES string of the molecule is COCCNC(=O)c1sc(=S)n(-c2ccc(C)cc2)c1N. The number of methoxy groups -OCH3 is 1. The van der Waals surface area contributed by atoms with E-state index in [0.29, 0.717) is 27.8 Å². The molecule has 0 bridgehead atoms. The molecule has 2 aromatic rings. The zero-order valence-corrected chi connectivity index (χ0v) is 13.5. The number of nitrogens with zero attached hydrogens (tertiary/aromatic N) is 1. The second-order valence-electron chi connectivity index (χ2n) is 4.50. The third-order valence-electron chi connectivity index (χ3n) is 2.94. The van der Waals surface area contributed by atoms with Crippen molar-refractivity contribution < 1.29 is 9.53 Å². The molecule has 0 radical (unpaired) electrons. The van der Waals surface area contributed by atoms with Gasteiger partial charge in [0, 0.05) is 19.3 Å². The zero-order chi connectivity index (χ0) is 15.4. The molecule has 0 saturated carbocycles. The molecule has 1 amide bonds. The summed E-state index contributed by atoms with van der Waals surface area (Å²) in [5, 5.41) is 2.75. The fourth-order valence-electron chi connectivity index (χ4n) is 1.83. The molecule has 0 unspecified atom stereocenters. The Hall–Kier alpha value is -1.70. The first kappa shape index (κ1) is 15.7. The highest BCUT2D eigenvalue weighted by Crippen LogP contribution is 2.26. The highest BCUT2D eigenvalue weighted by molar-refractivity contribution is 7.73. The molecular formula is C14H17N3O2S2. The van der Waals surface area contributed by atoms with Crippen molar-refractivity contribution in [1.29, 1.82) is 0 Å². The number of hydrogen-bond donors (Lipinski definition) is 2. The second kappa shape index (κ2) is 6.84. The lowest BCUT2D eigenvalue weighted by Gasteiger charge is -2.07. The normalized spacial score (nSPS) is 10.6. The van der Waals surface area contributed by atoms with Crippen LogP contribution in [0, 0.1) is 10.9 Å². The van der Waals surface area contributed by atoms with Crippen molar-refractivity contribution in [2.45, 2.75) is 6.92 Å². The van der Waals surface area contributed by atoms with Crippen LogP contribution in [0.5, 0.6) is 0 Å². The molecule has 21 heavy (non-hydrogen) atoms. The van der Waals surface area contributed by atoms with Crippen LogP contribution in [0.2, 0.25) is 0 Å². The molecule has 1 aromatic heterocycles. The van der Waals surface area contributed by atoms with E-state index in [4.69, 9.17) is 22.7 Å². The summed E-state index contributed by atoms with van der Waals surface area (Å²) in [5.41, 5.74) is 8.10. The molecule has 0 saturated heterocycles. The van der Waals surface area contributed by atoms with Gasteiger partial charge in [0.2, 0.25) is 0 Å². The fraction of sp³-hybridized carbons (Fsp3) is 0.286. The van der Waals surface area contributed by atoms with Gasteiger partial charge in [-0.1, -0.05) is 29.0 Å². The highest BCUT2D eigenvalue weighted by atomic mass is 32.1. The number of anilines is 1. The molecule has 1 aromatic carbocycles. The van der Waals surface area contributed by atoms with Crippen molar-refractivity contribution in [2.75, 3.05) is 26.0 Å². The van der Waals surface area contributed by atoms with Crippen molar-refractivity contribution in [3.63, 3.8) is 0 Å². The Morgan fingerprint density at radius 1 is 1.43 bits per heavy atom. The average Bonchev–Trinajstić information content (AvgIpc) is 2.76. The summed E-state index contributed by atoms with van der Waals surface area (Å²) in [6, 6.07) is 7.82. The van der Waals surface area contributed by atoms with Gasteiger partial charge >= 0.3 is 0 Å². The molecule has 0 fully saturated rings. The maximum Gasteiger partial charge on any atom is 0.265 e. The van der Waals surface area contributed by atoms with E-state index in [0.717, 1.165) is 11.3 Å². The summed E-state index contributed by atoms with van der Waals surface area (Å²) in [5.74, 6) is 0.135. The maximum absolute atomic E-state index is 12.1. The minimum Gasteiger partial charge on any atom is -0.383 e. The third kappa shape index (κ3) is 3.49. The van der Waals surface area contributed by atoms with Gasteiger partial charge in [0.15, 0.2) is 3.95 Å². The van der Waals surface area contributed by atoms with Crippen LogP contribution in [0.15, 0.2) is 24.3 Å². The number of carbonyl (C=O) groups is 1. The van der Waals surface area contributed by atoms with E-state index in [9.17, 15) is 4.79 Å². The van der Waals surface area contributed by atoms with Gasteiger partial charge in [-0.3, -0.25) is 9.36 Å². The number of aryl methyl sites for hydroxylation is 1. The molecule has 2 rings (SSSR count). The van der Waals surface area contributed by atoms with Crippen LogP contribution in [0.25, 0.3) is 5.69 Å². The fourth-order valence-corrected chi connectivity index (χ4v) is 3.12. The Kier molecular flexibility index (Phi) is 5.11. The number of hydrogen-bond acceptors (Lipinski definition) is 5. The Labute approximate surface area is 132 Å². The van der Waals surface area contributed by atoms with Crippen LogP contribution in [0.4, 0.5) is 5.82 Å². The average molecular weight is 323 g/mol. The van der Waals surface area contributed by atoms with Crippen molar-refractivity contribution in [1.82, 2.24) is 9.88 Å². The zero-order valence-electron chi connectivity index (χ0n) is 11.9. The predicted octanol–water partition coefficient (Wildman–Crippen LogP) is 2.54. The Morgan fingerprint density at radius 3 is 2.71 bits per heavy atom. The molecule has 1 heterocycles. The summed E-state index contributed by atoms with van der Waals surface area (Å²) >= 11 is 6.53. The monoisotopic (exact) mass is 323 g/mol. The summed E-state index contributed by atoms with van der Waals surface area (Å²) < 4.78 is 7.16. The first-order chi connectivity index (χ1) is 10.0. The number of nitrogens with one attached hydrogen (secondary N) is 1. The van der Waals surface area contributed by atoms with Gasteiger partial charge in [-0.2, -0.15) is 0 Å². The number of carbonyl (C=O) groups excluding carboxylic acids is 1. The van der Waals surface area contributed by atoms with Gasteiger partial charge in [0.05, 0.1) is 6.61 Å². The van der Waals surface area contributed by atoms with Gasteiger partial charge in [-0.05, 0) is 31.3 Å². The quantitative estimate of drug-likeness (QED) is 0.655. The van der Waals surface area contributed by atoms with Gasteiger partial charge in [0.1, 0.15) is 10.7 Å². The summed E-state index contributed by atoms with van der Waals surface area (Å²) in [6.45, 7) is 2.90. The van der Waals surface area contributed by atoms with Crippen LogP contribution < -0.4 is 11.1 Å². The Morgan fingerprint density at radius 2 is 2.10 bits per heavy atom. The first-order valence-electron chi connectivity index (χ1n) is 6.40. The molecule has 112 valence electrons. The van der Waals surface area contributed by atoms with Crippen molar-refractivity contribution in [2.24, 2.45) is 0 Å². The number of rotatable bonds is 5. The van der Waals surface area contributed by atoms with Crippen LogP contribution in [0.1, 0.15) is 15.2 Å². The third-order valence-corrected chi connectivity index (χ3v) is 4.32. The van der Waals surface area contributed by atoms with Gasteiger partial charge in [-0.15, -0.1) is 0 Å². The largest absolute Gasteiger partial charge is 0.383 e. The standard InChI is InChI=1S/C14H17N3O2S2/c1-9-3-5-10(6-4-9)17-12(15)11(21-14(17)20)13(18)16-7-8-19-2/h3-6H,7-8,15H2,1-2H3,(H,16,18). The molecular weight excluding hydrogens is 306 g/mol. The van der Waals surface area contributed by atoms with E-state index in [1.165, 1.54) is 11.3 Å². The van der Waals surface area contributed by atoms with E-state index in [1.807, 2.05) is 31.2 Å². The lowest BCUT2D eigenvalue weighted by molar-refractivity contribution is 0.0941.